The molecular weight excluding hydrogens is 204 g/mol. The first-order valence-electron chi connectivity index (χ1n) is 5.86. The van der Waals surface area contributed by atoms with Crippen LogP contribution in [-0.4, -0.2) is 22.3 Å². The Balaban J connectivity index is 1.97. The maximum atomic E-state index is 5.72. The van der Waals surface area contributed by atoms with Gasteiger partial charge in [0, 0.05) is 26.0 Å². The molecule has 0 aromatic carbocycles. The highest BCUT2D eigenvalue weighted by Gasteiger charge is 2.22. The molecule has 2 atom stereocenters. The number of rotatable bonds is 4. The van der Waals surface area contributed by atoms with Gasteiger partial charge in [0.25, 0.3) is 0 Å². The summed E-state index contributed by atoms with van der Waals surface area (Å²) in [7, 11) is 1.98. The fourth-order valence-electron chi connectivity index (χ4n) is 2.22. The van der Waals surface area contributed by atoms with Crippen LogP contribution in [0.25, 0.3) is 0 Å². The maximum Gasteiger partial charge on any atom is 0.127 e. The third-order valence-electron chi connectivity index (χ3n) is 3.14. The Morgan fingerprint density at radius 3 is 3.12 bits per heavy atom. The van der Waals surface area contributed by atoms with Gasteiger partial charge in [-0.25, -0.2) is 10.4 Å². The van der Waals surface area contributed by atoms with E-state index in [9.17, 15) is 0 Å². The van der Waals surface area contributed by atoms with Crippen molar-refractivity contribution < 1.29 is 4.74 Å². The lowest BCUT2D eigenvalue weighted by molar-refractivity contribution is 0.00434. The monoisotopic (exact) mass is 224 g/mol. The maximum absolute atomic E-state index is 5.72. The minimum atomic E-state index is 0.0723. The molecule has 1 aliphatic heterocycles. The third kappa shape index (κ3) is 2.61. The van der Waals surface area contributed by atoms with Crippen LogP contribution in [0.5, 0.6) is 0 Å². The van der Waals surface area contributed by atoms with E-state index in [4.69, 9.17) is 10.6 Å². The molecule has 0 amide bonds. The number of nitrogens with one attached hydrogen (secondary N) is 1. The summed E-state index contributed by atoms with van der Waals surface area (Å²) in [6.07, 6.45) is 8.49. The molecule has 0 saturated carbocycles. The first kappa shape index (κ1) is 11.6. The second-order valence-electron chi connectivity index (χ2n) is 4.34. The minimum Gasteiger partial charge on any atom is -0.378 e. The third-order valence-corrected chi connectivity index (χ3v) is 3.14. The summed E-state index contributed by atoms with van der Waals surface area (Å²) in [5.74, 6) is 6.56. The molecule has 90 valence electrons. The zero-order valence-electron chi connectivity index (χ0n) is 9.72. The zero-order chi connectivity index (χ0) is 11.4. The van der Waals surface area contributed by atoms with Gasteiger partial charge in [-0.2, -0.15) is 0 Å². The Kier molecular flexibility index (Phi) is 3.93. The van der Waals surface area contributed by atoms with Crippen molar-refractivity contribution in [3.63, 3.8) is 0 Å². The highest BCUT2D eigenvalue weighted by molar-refractivity contribution is 4.99. The Hall–Kier alpha value is -0.910. The molecule has 0 aliphatic carbocycles. The molecule has 1 aromatic heterocycles. The first-order valence-corrected chi connectivity index (χ1v) is 5.86. The fraction of sp³-hybridized carbons (Fsp3) is 0.727. The molecule has 1 aliphatic rings. The molecule has 5 heteroatoms. The topological polar surface area (TPSA) is 65.1 Å². The van der Waals surface area contributed by atoms with Crippen molar-refractivity contribution in [1.82, 2.24) is 15.0 Å². The molecule has 0 spiro atoms. The number of nitrogens with two attached hydrogens (primary N) is 1. The van der Waals surface area contributed by atoms with E-state index < -0.39 is 0 Å². The molecule has 3 N–H and O–H groups in total. The Labute approximate surface area is 96.0 Å². The summed E-state index contributed by atoms with van der Waals surface area (Å²) in [5.41, 5.74) is 2.83. The van der Waals surface area contributed by atoms with Gasteiger partial charge in [-0.15, -0.1) is 0 Å². The number of ether oxygens (including phenoxy) is 1. The van der Waals surface area contributed by atoms with Crippen molar-refractivity contribution >= 4 is 0 Å². The molecule has 2 unspecified atom stereocenters. The normalized spacial score (nSPS) is 23.2. The second kappa shape index (κ2) is 5.43. The van der Waals surface area contributed by atoms with Gasteiger partial charge in [-0.05, 0) is 25.7 Å². The average Bonchev–Trinajstić information content (AvgIpc) is 2.74. The van der Waals surface area contributed by atoms with Gasteiger partial charge >= 0.3 is 0 Å². The number of hydrogen-bond donors (Lipinski definition) is 2. The SMILES string of the molecule is Cn1ccnc1C(CC1CCCCO1)NN. The summed E-state index contributed by atoms with van der Waals surface area (Å²) < 4.78 is 7.71. The van der Waals surface area contributed by atoms with Crippen molar-refractivity contribution in [2.75, 3.05) is 6.61 Å². The lowest BCUT2D eigenvalue weighted by Crippen LogP contribution is -2.34. The van der Waals surface area contributed by atoms with E-state index in [0.29, 0.717) is 6.10 Å². The highest BCUT2D eigenvalue weighted by Crippen LogP contribution is 2.23. The predicted octanol–water partition coefficient (Wildman–Crippen LogP) is 0.884. The summed E-state index contributed by atoms with van der Waals surface area (Å²) >= 11 is 0. The van der Waals surface area contributed by atoms with Gasteiger partial charge in [0.2, 0.25) is 0 Å². The van der Waals surface area contributed by atoms with Gasteiger partial charge in [-0.1, -0.05) is 0 Å². The van der Waals surface area contributed by atoms with Gasteiger partial charge in [-0.3, -0.25) is 5.84 Å². The Morgan fingerprint density at radius 1 is 1.69 bits per heavy atom. The van der Waals surface area contributed by atoms with Crippen molar-refractivity contribution in [2.45, 2.75) is 37.8 Å². The smallest absolute Gasteiger partial charge is 0.127 e. The second-order valence-corrected chi connectivity index (χ2v) is 4.34. The van der Waals surface area contributed by atoms with Crippen LogP contribution in [0.15, 0.2) is 12.4 Å². The quantitative estimate of drug-likeness (QED) is 0.588. The van der Waals surface area contributed by atoms with Crippen LogP contribution in [0.2, 0.25) is 0 Å². The molecule has 1 aromatic rings. The van der Waals surface area contributed by atoms with Gasteiger partial charge in [0.15, 0.2) is 0 Å². The molecule has 1 saturated heterocycles. The first-order chi connectivity index (χ1) is 7.81. The molecule has 1 fully saturated rings. The van der Waals surface area contributed by atoms with Crippen LogP contribution in [0.4, 0.5) is 0 Å². The van der Waals surface area contributed by atoms with Gasteiger partial charge < -0.3 is 9.30 Å². The summed E-state index contributed by atoms with van der Waals surface area (Å²) in [5, 5.41) is 0. The van der Waals surface area contributed by atoms with Crippen molar-refractivity contribution in [1.29, 1.82) is 0 Å². The average molecular weight is 224 g/mol. The number of aryl methyl sites for hydroxylation is 1. The van der Waals surface area contributed by atoms with E-state index in [2.05, 4.69) is 10.4 Å². The number of nitrogens with zero attached hydrogens (tertiary/aromatic N) is 2. The van der Waals surface area contributed by atoms with Crippen molar-refractivity contribution in [3.05, 3.63) is 18.2 Å². The zero-order valence-corrected chi connectivity index (χ0v) is 9.72. The summed E-state index contributed by atoms with van der Waals surface area (Å²) in [4.78, 5) is 4.32. The van der Waals surface area contributed by atoms with Crippen LogP contribution < -0.4 is 11.3 Å². The van der Waals surface area contributed by atoms with E-state index in [1.165, 1.54) is 12.8 Å². The number of imidazole rings is 1. The molecule has 5 nitrogen and oxygen atoms in total. The van der Waals surface area contributed by atoms with E-state index in [-0.39, 0.29) is 6.04 Å². The van der Waals surface area contributed by atoms with E-state index in [0.717, 1.165) is 25.3 Å². The van der Waals surface area contributed by atoms with Gasteiger partial charge in [0.1, 0.15) is 5.82 Å². The molecule has 2 rings (SSSR count). The highest BCUT2D eigenvalue weighted by atomic mass is 16.5. The van der Waals surface area contributed by atoms with E-state index in [1.54, 1.807) is 6.20 Å². The van der Waals surface area contributed by atoms with Crippen LogP contribution in [0.1, 0.15) is 37.5 Å². The van der Waals surface area contributed by atoms with Crippen molar-refractivity contribution in [3.8, 4) is 0 Å². The summed E-state index contributed by atoms with van der Waals surface area (Å²) in [6, 6.07) is 0.0723. The Bertz CT molecular complexity index is 320. The minimum absolute atomic E-state index is 0.0723. The predicted molar refractivity (Wildman–Crippen MR) is 61.5 cm³/mol. The standard InChI is InChI=1S/C11H20N4O/c1-15-6-5-13-11(15)10(14-12)8-9-4-2-3-7-16-9/h5-6,9-10,14H,2-4,7-8,12H2,1H3. The Morgan fingerprint density at radius 2 is 2.56 bits per heavy atom. The largest absolute Gasteiger partial charge is 0.378 e. The van der Waals surface area contributed by atoms with Crippen molar-refractivity contribution in [2.24, 2.45) is 12.9 Å². The fourth-order valence-corrected chi connectivity index (χ4v) is 2.22. The molecule has 16 heavy (non-hydrogen) atoms. The van der Waals surface area contributed by atoms with E-state index >= 15 is 0 Å². The molecule has 0 radical (unpaired) electrons. The van der Waals surface area contributed by atoms with Crippen LogP contribution in [0.3, 0.4) is 0 Å². The molecule has 0 bridgehead atoms. The van der Waals surface area contributed by atoms with Gasteiger partial charge in [0.05, 0.1) is 12.1 Å². The lowest BCUT2D eigenvalue weighted by Gasteiger charge is -2.26. The molecule has 2 heterocycles. The number of hydrogen-bond acceptors (Lipinski definition) is 4. The summed E-state index contributed by atoms with van der Waals surface area (Å²) in [6.45, 7) is 0.878. The number of hydrazine groups is 1. The van der Waals surface area contributed by atoms with E-state index in [1.807, 2.05) is 17.8 Å². The molecular formula is C11H20N4O. The lowest BCUT2D eigenvalue weighted by atomic mass is 10.0. The number of aromatic nitrogens is 2. The van der Waals surface area contributed by atoms with Crippen LogP contribution >= 0.6 is 0 Å². The van der Waals surface area contributed by atoms with Crippen LogP contribution in [-0.2, 0) is 11.8 Å². The van der Waals surface area contributed by atoms with Crippen LogP contribution in [0, 0.1) is 0 Å².